The van der Waals surface area contributed by atoms with Gasteiger partial charge in [0.1, 0.15) is 23.4 Å². The van der Waals surface area contributed by atoms with E-state index in [0.29, 0.717) is 40.6 Å². The van der Waals surface area contributed by atoms with Crippen molar-refractivity contribution in [2.45, 2.75) is 19.4 Å². The molecule has 0 saturated carbocycles. The summed E-state index contributed by atoms with van der Waals surface area (Å²) in [5.74, 6) is 1.37. The van der Waals surface area contributed by atoms with Crippen molar-refractivity contribution < 1.29 is 22.7 Å². The number of imidazole rings is 1. The van der Waals surface area contributed by atoms with Crippen molar-refractivity contribution in [2.75, 3.05) is 24.7 Å². The largest absolute Gasteiger partial charge is 0.497 e. The number of nitrogens with one attached hydrogen (secondary N) is 2. The Hall–Kier alpha value is -3.53. The molecule has 1 aromatic heterocycles. The Morgan fingerprint density at radius 1 is 1.12 bits per heavy atom. The van der Waals surface area contributed by atoms with Crippen molar-refractivity contribution in [3.8, 4) is 11.5 Å². The molecule has 1 unspecified atom stereocenters. The zero-order valence-corrected chi connectivity index (χ0v) is 19.8. The first kappa shape index (κ1) is 24.1. The Kier molecular flexibility index (Phi) is 7.59. The number of benzene rings is 2. The third-order valence-electron chi connectivity index (χ3n) is 4.97. The third kappa shape index (κ3) is 6.04. The van der Waals surface area contributed by atoms with Gasteiger partial charge in [-0.05, 0) is 42.3 Å². The highest BCUT2D eigenvalue weighted by Gasteiger charge is 2.23. The second-order valence-electron chi connectivity index (χ2n) is 7.45. The number of methoxy groups -OCH3 is 2. The SMILES string of the molecule is CCCS(=O)(=O)Nc1cccc(C(=O)NC(c2cc(OC)cc(OC)c2)c2nccn2C)c1. The molecule has 0 aliphatic rings. The van der Waals surface area contributed by atoms with E-state index >= 15 is 0 Å². The van der Waals surface area contributed by atoms with Crippen molar-refractivity contribution >= 4 is 21.6 Å². The van der Waals surface area contributed by atoms with Gasteiger partial charge >= 0.3 is 0 Å². The van der Waals surface area contributed by atoms with Gasteiger partial charge in [-0.3, -0.25) is 9.52 Å². The van der Waals surface area contributed by atoms with E-state index in [9.17, 15) is 13.2 Å². The van der Waals surface area contributed by atoms with Gasteiger partial charge in [0.2, 0.25) is 10.0 Å². The predicted molar refractivity (Wildman–Crippen MR) is 126 cm³/mol. The number of sulfonamides is 1. The summed E-state index contributed by atoms with van der Waals surface area (Å²) in [6, 6.07) is 11.1. The fraction of sp³-hybridized carbons (Fsp3) is 0.304. The quantitative estimate of drug-likeness (QED) is 0.469. The first-order chi connectivity index (χ1) is 15.8. The molecule has 0 bridgehead atoms. The molecule has 0 aliphatic carbocycles. The molecule has 9 nitrogen and oxygen atoms in total. The monoisotopic (exact) mass is 472 g/mol. The summed E-state index contributed by atoms with van der Waals surface area (Å²) in [5, 5.41) is 3.00. The van der Waals surface area contributed by atoms with Gasteiger partial charge in [0.15, 0.2) is 0 Å². The van der Waals surface area contributed by atoms with Crippen molar-refractivity contribution in [3.63, 3.8) is 0 Å². The summed E-state index contributed by atoms with van der Waals surface area (Å²) >= 11 is 0. The molecule has 0 spiro atoms. The number of carbonyl (C=O) groups excluding carboxylic acids is 1. The van der Waals surface area contributed by atoms with E-state index in [-0.39, 0.29) is 11.7 Å². The fourth-order valence-corrected chi connectivity index (χ4v) is 4.51. The fourth-order valence-electron chi connectivity index (χ4n) is 3.39. The van der Waals surface area contributed by atoms with E-state index in [1.54, 1.807) is 69.9 Å². The minimum atomic E-state index is -3.47. The summed E-state index contributed by atoms with van der Waals surface area (Å²) in [6.07, 6.45) is 3.93. The Bertz CT molecular complexity index is 1200. The zero-order valence-electron chi connectivity index (χ0n) is 19.0. The Labute approximate surface area is 193 Å². The maximum absolute atomic E-state index is 13.2. The van der Waals surface area contributed by atoms with Gasteiger partial charge in [0.25, 0.3) is 5.91 Å². The average Bonchev–Trinajstić information content (AvgIpc) is 3.22. The predicted octanol–water partition coefficient (Wildman–Crippen LogP) is 3.11. The smallest absolute Gasteiger partial charge is 0.252 e. The normalized spacial score (nSPS) is 12.1. The lowest BCUT2D eigenvalue weighted by atomic mass is 10.0. The Morgan fingerprint density at radius 2 is 1.82 bits per heavy atom. The molecule has 0 aliphatic heterocycles. The van der Waals surface area contributed by atoms with E-state index in [0.717, 1.165) is 0 Å². The van der Waals surface area contributed by atoms with Crippen LogP contribution in [0.15, 0.2) is 54.9 Å². The number of nitrogens with zero attached hydrogens (tertiary/aromatic N) is 2. The average molecular weight is 473 g/mol. The Balaban J connectivity index is 1.94. The lowest BCUT2D eigenvalue weighted by Crippen LogP contribution is -2.31. The first-order valence-electron chi connectivity index (χ1n) is 10.4. The molecule has 1 atom stereocenters. The minimum absolute atomic E-state index is 0.00231. The van der Waals surface area contributed by atoms with Crippen LogP contribution >= 0.6 is 0 Å². The Morgan fingerprint density at radius 3 is 2.39 bits per heavy atom. The second-order valence-corrected chi connectivity index (χ2v) is 9.29. The lowest BCUT2D eigenvalue weighted by Gasteiger charge is -2.21. The van der Waals surface area contributed by atoms with Gasteiger partial charge in [-0.15, -0.1) is 0 Å². The number of amides is 1. The van der Waals surface area contributed by atoms with Crippen molar-refractivity contribution in [2.24, 2.45) is 7.05 Å². The number of ether oxygens (including phenoxy) is 2. The summed E-state index contributed by atoms with van der Waals surface area (Å²) < 4.78 is 39.3. The molecule has 1 amide bonds. The number of aryl methyl sites for hydroxylation is 1. The van der Waals surface area contributed by atoms with Gasteiger partial charge < -0.3 is 19.4 Å². The lowest BCUT2D eigenvalue weighted by molar-refractivity contribution is 0.0941. The topological polar surface area (TPSA) is 112 Å². The van der Waals surface area contributed by atoms with Gasteiger partial charge in [-0.1, -0.05) is 13.0 Å². The second kappa shape index (κ2) is 10.4. The zero-order chi connectivity index (χ0) is 24.0. The summed E-state index contributed by atoms with van der Waals surface area (Å²) in [6.45, 7) is 1.79. The van der Waals surface area contributed by atoms with E-state index in [1.165, 1.54) is 6.07 Å². The molecule has 0 radical (unpaired) electrons. The van der Waals surface area contributed by atoms with Crippen molar-refractivity contribution in [1.82, 2.24) is 14.9 Å². The van der Waals surface area contributed by atoms with Crippen LogP contribution in [0, 0.1) is 0 Å². The molecule has 176 valence electrons. The van der Waals surface area contributed by atoms with Crippen LogP contribution in [0.5, 0.6) is 11.5 Å². The third-order valence-corrected chi connectivity index (χ3v) is 6.46. The van der Waals surface area contributed by atoms with E-state index in [1.807, 2.05) is 11.6 Å². The highest BCUT2D eigenvalue weighted by atomic mass is 32.2. The highest BCUT2D eigenvalue weighted by molar-refractivity contribution is 7.92. The van der Waals surface area contributed by atoms with Crippen LogP contribution in [-0.4, -0.2) is 43.8 Å². The molecule has 0 fully saturated rings. The number of rotatable bonds is 10. The van der Waals surface area contributed by atoms with Crippen LogP contribution in [-0.2, 0) is 17.1 Å². The highest BCUT2D eigenvalue weighted by Crippen LogP contribution is 2.30. The van der Waals surface area contributed by atoms with Crippen LogP contribution in [0.2, 0.25) is 0 Å². The summed E-state index contributed by atoms with van der Waals surface area (Å²) in [5.41, 5.74) is 1.35. The van der Waals surface area contributed by atoms with E-state index in [2.05, 4.69) is 15.0 Å². The molecule has 0 saturated heterocycles. The molecule has 2 aromatic carbocycles. The van der Waals surface area contributed by atoms with Gasteiger partial charge in [0, 0.05) is 36.8 Å². The van der Waals surface area contributed by atoms with Crippen LogP contribution < -0.4 is 19.5 Å². The van der Waals surface area contributed by atoms with Crippen molar-refractivity contribution in [1.29, 1.82) is 0 Å². The number of hydrogen-bond acceptors (Lipinski definition) is 6. The first-order valence-corrected chi connectivity index (χ1v) is 12.0. The molecule has 10 heteroatoms. The van der Waals surface area contributed by atoms with Gasteiger partial charge in [-0.25, -0.2) is 13.4 Å². The van der Waals surface area contributed by atoms with Crippen molar-refractivity contribution in [3.05, 3.63) is 71.8 Å². The van der Waals surface area contributed by atoms with Crippen LogP contribution in [0.25, 0.3) is 0 Å². The maximum atomic E-state index is 13.2. The van der Waals surface area contributed by atoms with Crippen LogP contribution in [0.1, 0.15) is 41.1 Å². The number of aromatic nitrogens is 2. The number of anilines is 1. The van der Waals surface area contributed by atoms with Gasteiger partial charge in [0.05, 0.1) is 20.0 Å². The summed E-state index contributed by atoms with van der Waals surface area (Å²) in [7, 11) is 1.47. The molecule has 3 rings (SSSR count). The van der Waals surface area contributed by atoms with E-state index < -0.39 is 16.1 Å². The molecule has 3 aromatic rings. The summed E-state index contributed by atoms with van der Waals surface area (Å²) in [4.78, 5) is 17.6. The maximum Gasteiger partial charge on any atom is 0.252 e. The standard InChI is InChI=1S/C23H28N4O5S/c1-5-11-33(29,30)26-18-8-6-7-16(12-18)23(28)25-21(22-24-9-10-27(22)2)17-13-19(31-3)15-20(14-17)32-4/h6-10,12-15,21,26H,5,11H2,1-4H3,(H,25,28). The van der Waals surface area contributed by atoms with Crippen LogP contribution in [0.3, 0.4) is 0 Å². The number of carbonyl (C=O) groups is 1. The van der Waals surface area contributed by atoms with Gasteiger partial charge in [-0.2, -0.15) is 0 Å². The van der Waals surface area contributed by atoms with E-state index in [4.69, 9.17) is 9.47 Å². The molecular weight excluding hydrogens is 444 g/mol. The molecular formula is C23H28N4O5S. The molecule has 1 heterocycles. The molecule has 33 heavy (non-hydrogen) atoms. The molecule has 2 N–H and O–H groups in total. The van der Waals surface area contributed by atoms with Crippen LogP contribution in [0.4, 0.5) is 5.69 Å². The minimum Gasteiger partial charge on any atom is -0.497 e. The number of hydrogen-bond donors (Lipinski definition) is 2.